The first-order valence-corrected chi connectivity index (χ1v) is 9.09. The third-order valence-corrected chi connectivity index (χ3v) is 4.50. The average molecular weight is 375 g/mol. The lowest BCUT2D eigenvalue weighted by atomic mass is 10.1. The third kappa shape index (κ3) is 4.23. The molecule has 28 heavy (non-hydrogen) atoms. The second kappa shape index (κ2) is 8.00. The van der Waals surface area contributed by atoms with Crippen LogP contribution in [0, 0.1) is 6.92 Å². The standard InChI is InChI=1S/C22H21N3O3/c1-15-2-4-16(5-3-15)12-25-22(26)19-11-18(8-9-23-19)24-13-17-6-7-20-21(10-17)28-14-27-20/h2-11H,12-14H2,1H3,(H,23,24)(H,25,26). The van der Waals surface area contributed by atoms with Crippen molar-refractivity contribution in [3.05, 3.63) is 83.2 Å². The fourth-order valence-electron chi connectivity index (χ4n) is 2.90. The van der Waals surface area contributed by atoms with E-state index in [1.807, 2.05) is 55.5 Å². The van der Waals surface area contributed by atoms with Crippen molar-refractivity contribution < 1.29 is 14.3 Å². The van der Waals surface area contributed by atoms with Crippen LogP contribution in [0.25, 0.3) is 0 Å². The largest absolute Gasteiger partial charge is 0.454 e. The van der Waals surface area contributed by atoms with Gasteiger partial charge in [0, 0.05) is 25.0 Å². The lowest BCUT2D eigenvalue weighted by Gasteiger charge is -2.09. The van der Waals surface area contributed by atoms with Gasteiger partial charge in [-0.05, 0) is 42.3 Å². The van der Waals surface area contributed by atoms with Gasteiger partial charge < -0.3 is 20.1 Å². The summed E-state index contributed by atoms with van der Waals surface area (Å²) in [4.78, 5) is 16.6. The summed E-state index contributed by atoms with van der Waals surface area (Å²) in [6, 6.07) is 17.5. The van der Waals surface area contributed by atoms with E-state index in [1.54, 1.807) is 12.3 Å². The molecule has 2 heterocycles. The van der Waals surface area contributed by atoms with Crippen LogP contribution < -0.4 is 20.1 Å². The molecule has 0 saturated carbocycles. The van der Waals surface area contributed by atoms with E-state index < -0.39 is 0 Å². The predicted octanol–water partition coefficient (Wildman–Crippen LogP) is 3.66. The molecule has 6 heteroatoms. The minimum atomic E-state index is -0.202. The lowest BCUT2D eigenvalue weighted by Crippen LogP contribution is -2.23. The highest BCUT2D eigenvalue weighted by molar-refractivity contribution is 5.93. The van der Waals surface area contributed by atoms with Crippen molar-refractivity contribution in [1.82, 2.24) is 10.3 Å². The number of pyridine rings is 1. The maximum atomic E-state index is 12.4. The maximum absolute atomic E-state index is 12.4. The summed E-state index contributed by atoms with van der Waals surface area (Å²) < 4.78 is 10.7. The molecule has 6 nitrogen and oxygen atoms in total. The Morgan fingerprint density at radius 3 is 2.61 bits per heavy atom. The number of hydrogen-bond acceptors (Lipinski definition) is 5. The first-order valence-electron chi connectivity index (χ1n) is 9.09. The quantitative estimate of drug-likeness (QED) is 0.688. The molecule has 0 aliphatic carbocycles. The van der Waals surface area contributed by atoms with Gasteiger partial charge in [0.1, 0.15) is 5.69 Å². The number of ether oxygens (including phenoxy) is 2. The summed E-state index contributed by atoms with van der Waals surface area (Å²) in [5, 5.41) is 6.22. The van der Waals surface area contributed by atoms with E-state index in [9.17, 15) is 4.79 Å². The van der Waals surface area contributed by atoms with Crippen LogP contribution >= 0.6 is 0 Å². The summed E-state index contributed by atoms with van der Waals surface area (Å²) in [5.41, 5.74) is 4.51. The van der Waals surface area contributed by atoms with Crippen LogP contribution in [0.3, 0.4) is 0 Å². The topological polar surface area (TPSA) is 72.5 Å². The fraction of sp³-hybridized carbons (Fsp3) is 0.182. The summed E-state index contributed by atoms with van der Waals surface area (Å²) in [6.07, 6.45) is 1.63. The molecule has 3 aromatic rings. The number of aryl methyl sites for hydroxylation is 1. The zero-order valence-electron chi connectivity index (χ0n) is 15.6. The van der Waals surface area contributed by atoms with Crippen molar-refractivity contribution in [1.29, 1.82) is 0 Å². The van der Waals surface area contributed by atoms with Crippen molar-refractivity contribution in [2.24, 2.45) is 0 Å². The maximum Gasteiger partial charge on any atom is 0.270 e. The number of rotatable bonds is 6. The second-order valence-electron chi connectivity index (χ2n) is 6.64. The predicted molar refractivity (Wildman–Crippen MR) is 106 cm³/mol. The summed E-state index contributed by atoms with van der Waals surface area (Å²) in [7, 11) is 0. The van der Waals surface area contributed by atoms with Crippen molar-refractivity contribution in [3.8, 4) is 11.5 Å². The Bertz CT molecular complexity index is 987. The Balaban J connectivity index is 1.35. The first-order chi connectivity index (χ1) is 13.7. The minimum absolute atomic E-state index is 0.202. The van der Waals surface area contributed by atoms with Gasteiger partial charge in [-0.15, -0.1) is 0 Å². The highest BCUT2D eigenvalue weighted by atomic mass is 16.7. The van der Waals surface area contributed by atoms with Crippen LogP contribution in [0.5, 0.6) is 11.5 Å². The number of amides is 1. The lowest BCUT2D eigenvalue weighted by molar-refractivity contribution is 0.0946. The van der Waals surface area contributed by atoms with Crippen LogP contribution in [0.1, 0.15) is 27.2 Å². The van der Waals surface area contributed by atoms with Gasteiger partial charge >= 0.3 is 0 Å². The zero-order chi connectivity index (χ0) is 19.3. The van der Waals surface area contributed by atoms with Crippen LogP contribution in [0.4, 0.5) is 5.69 Å². The Labute approximate surface area is 163 Å². The number of fused-ring (bicyclic) bond motifs is 1. The average Bonchev–Trinajstić information content (AvgIpc) is 3.20. The molecule has 0 radical (unpaired) electrons. The SMILES string of the molecule is Cc1ccc(CNC(=O)c2cc(NCc3ccc4c(c3)OCO4)ccn2)cc1. The number of anilines is 1. The Hall–Kier alpha value is -3.54. The van der Waals surface area contributed by atoms with Gasteiger partial charge in [-0.1, -0.05) is 35.9 Å². The van der Waals surface area contributed by atoms with Crippen LogP contribution in [0.15, 0.2) is 60.8 Å². The summed E-state index contributed by atoms with van der Waals surface area (Å²) in [6.45, 7) is 3.37. The fourth-order valence-corrected chi connectivity index (χ4v) is 2.90. The molecule has 2 N–H and O–H groups in total. The molecule has 0 bridgehead atoms. The normalized spacial score (nSPS) is 11.9. The van der Waals surface area contributed by atoms with E-state index in [4.69, 9.17) is 9.47 Å². The monoisotopic (exact) mass is 375 g/mol. The van der Waals surface area contributed by atoms with Crippen LogP contribution in [-0.2, 0) is 13.1 Å². The van der Waals surface area contributed by atoms with Gasteiger partial charge in [-0.2, -0.15) is 0 Å². The number of carbonyl (C=O) groups is 1. The molecule has 0 saturated heterocycles. The molecular weight excluding hydrogens is 354 g/mol. The molecule has 1 aliphatic rings. The van der Waals surface area contributed by atoms with E-state index >= 15 is 0 Å². The van der Waals surface area contributed by atoms with Crippen molar-refractivity contribution >= 4 is 11.6 Å². The number of carbonyl (C=O) groups excluding carboxylic acids is 1. The van der Waals surface area contributed by atoms with Crippen LogP contribution in [0.2, 0.25) is 0 Å². The molecule has 0 fully saturated rings. The molecule has 4 rings (SSSR count). The third-order valence-electron chi connectivity index (χ3n) is 4.50. The number of benzene rings is 2. The molecule has 142 valence electrons. The molecule has 1 amide bonds. The van der Waals surface area contributed by atoms with E-state index in [-0.39, 0.29) is 12.7 Å². The molecule has 2 aromatic carbocycles. The highest BCUT2D eigenvalue weighted by Gasteiger charge is 2.13. The van der Waals surface area contributed by atoms with Crippen molar-refractivity contribution in [2.45, 2.75) is 20.0 Å². The van der Waals surface area contributed by atoms with E-state index in [2.05, 4.69) is 15.6 Å². The Morgan fingerprint density at radius 1 is 0.964 bits per heavy atom. The van der Waals surface area contributed by atoms with Gasteiger partial charge in [0.05, 0.1) is 0 Å². The molecule has 0 spiro atoms. The molecule has 0 atom stereocenters. The van der Waals surface area contributed by atoms with Crippen LogP contribution in [-0.4, -0.2) is 17.7 Å². The van der Waals surface area contributed by atoms with Gasteiger partial charge in [-0.25, -0.2) is 0 Å². The number of nitrogens with zero attached hydrogens (tertiary/aromatic N) is 1. The Kier molecular flexibility index (Phi) is 5.10. The molecule has 0 unspecified atom stereocenters. The smallest absolute Gasteiger partial charge is 0.270 e. The summed E-state index contributed by atoms with van der Waals surface area (Å²) >= 11 is 0. The van der Waals surface area contributed by atoms with E-state index in [1.165, 1.54) is 5.56 Å². The highest BCUT2D eigenvalue weighted by Crippen LogP contribution is 2.32. The van der Waals surface area contributed by atoms with Crippen molar-refractivity contribution in [3.63, 3.8) is 0 Å². The zero-order valence-corrected chi connectivity index (χ0v) is 15.6. The van der Waals surface area contributed by atoms with Gasteiger partial charge in [0.2, 0.25) is 6.79 Å². The van der Waals surface area contributed by atoms with E-state index in [0.717, 1.165) is 28.3 Å². The number of hydrogen-bond donors (Lipinski definition) is 2. The number of nitrogens with one attached hydrogen (secondary N) is 2. The summed E-state index contributed by atoms with van der Waals surface area (Å²) in [5.74, 6) is 1.32. The van der Waals surface area contributed by atoms with Gasteiger partial charge in [0.15, 0.2) is 11.5 Å². The second-order valence-corrected chi connectivity index (χ2v) is 6.64. The van der Waals surface area contributed by atoms with Gasteiger partial charge in [-0.3, -0.25) is 9.78 Å². The Morgan fingerprint density at radius 2 is 1.75 bits per heavy atom. The molecule has 1 aliphatic heterocycles. The molecule has 1 aromatic heterocycles. The molecular formula is C22H21N3O3. The number of aromatic nitrogens is 1. The van der Waals surface area contributed by atoms with E-state index in [0.29, 0.717) is 18.8 Å². The first kappa shape index (κ1) is 17.9. The van der Waals surface area contributed by atoms with Crippen molar-refractivity contribution in [2.75, 3.05) is 12.1 Å². The minimum Gasteiger partial charge on any atom is -0.454 e. The van der Waals surface area contributed by atoms with Gasteiger partial charge in [0.25, 0.3) is 5.91 Å².